The Bertz CT molecular complexity index is 793. The van der Waals surface area contributed by atoms with E-state index in [1.54, 1.807) is 19.1 Å². The zero-order valence-corrected chi connectivity index (χ0v) is 15.8. The maximum atomic E-state index is 12.1. The Balaban J connectivity index is 1.97. The topological polar surface area (TPSA) is 83.0 Å². The fourth-order valence-electron chi connectivity index (χ4n) is 2.14. The van der Waals surface area contributed by atoms with Gasteiger partial charge in [-0.05, 0) is 65.2 Å². The summed E-state index contributed by atoms with van der Waals surface area (Å²) in [6, 6.07) is 10.6. The highest BCUT2D eigenvalue weighted by molar-refractivity contribution is 9.10. The maximum Gasteiger partial charge on any atom is 0.262 e. The first-order valence-corrected chi connectivity index (χ1v) is 8.42. The lowest BCUT2D eigenvalue weighted by atomic mass is 10.2. The third kappa shape index (κ3) is 5.22. The van der Waals surface area contributed by atoms with Crippen molar-refractivity contribution in [1.82, 2.24) is 5.43 Å². The summed E-state index contributed by atoms with van der Waals surface area (Å²) in [6.45, 7) is 3.75. The van der Waals surface area contributed by atoms with Crippen LogP contribution in [0.25, 0.3) is 0 Å². The van der Waals surface area contributed by atoms with Gasteiger partial charge in [-0.2, -0.15) is 5.10 Å². The highest BCUT2D eigenvalue weighted by Crippen LogP contribution is 2.34. The number of hydrazone groups is 1. The van der Waals surface area contributed by atoms with Crippen molar-refractivity contribution in [3.05, 3.63) is 52.0 Å². The number of phenols is 1. The second-order valence-corrected chi connectivity index (χ2v) is 6.38. The van der Waals surface area contributed by atoms with Gasteiger partial charge in [0, 0.05) is 5.69 Å². The molecule has 0 bridgehead atoms. The summed E-state index contributed by atoms with van der Waals surface area (Å²) in [5, 5.41) is 16.8. The molecule has 0 aliphatic heterocycles. The van der Waals surface area contributed by atoms with Gasteiger partial charge in [-0.15, -0.1) is 0 Å². The van der Waals surface area contributed by atoms with E-state index in [2.05, 4.69) is 31.8 Å². The SMILES string of the molecule is COc1cc(/C=N/NC(=O)C(C)Nc2cccc(C)c2)cc(Br)c1O. The number of nitrogens with zero attached hydrogens (tertiary/aromatic N) is 1. The number of ether oxygens (including phenoxy) is 1. The second-order valence-electron chi connectivity index (χ2n) is 5.52. The number of hydrogen-bond donors (Lipinski definition) is 3. The molecule has 132 valence electrons. The molecule has 1 unspecified atom stereocenters. The Morgan fingerprint density at radius 1 is 1.36 bits per heavy atom. The molecular weight excluding hydrogens is 386 g/mol. The monoisotopic (exact) mass is 405 g/mol. The van der Waals surface area contributed by atoms with E-state index in [9.17, 15) is 9.90 Å². The Morgan fingerprint density at radius 3 is 2.80 bits per heavy atom. The minimum absolute atomic E-state index is 0.0136. The third-order valence-corrected chi connectivity index (χ3v) is 4.06. The molecule has 0 radical (unpaired) electrons. The van der Waals surface area contributed by atoms with Crippen molar-refractivity contribution in [2.45, 2.75) is 19.9 Å². The molecule has 2 aromatic carbocycles. The molecule has 0 saturated carbocycles. The summed E-state index contributed by atoms with van der Waals surface area (Å²) in [5.41, 5.74) is 5.14. The van der Waals surface area contributed by atoms with E-state index in [1.165, 1.54) is 13.3 Å². The molecule has 0 aliphatic rings. The van der Waals surface area contributed by atoms with Crippen LogP contribution in [0.2, 0.25) is 0 Å². The number of carbonyl (C=O) groups is 1. The lowest BCUT2D eigenvalue weighted by molar-refractivity contribution is -0.121. The van der Waals surface area contributed by atoms with Crippen LogP contribution in [0.4, 0.5) is 5.69 Å². The van der Waals surface area contributed by atoms with E-state index in [0.717, 1.165) is 11.3 Å². The number of rotatable bonds is 6. The number of anilines is 1. The normalized spacial score (nSPS) is 12.0. The average molecular weight is 406 g/mol. The van der Waals surface area contributed by atoms with E-state index in [-0.39, 0.29) is 11.7 Å². The Labute approximate surface area is 155 Å². The molecule has 1 amide bonds. The number of amides is 1. The van der Waals surface area contributed by atoms with Gasteiger partial charge in [0.15, 0.2) is 11.5 Å². The molecule has 6 nitrogen and oxygen atoms in total. The zero-order valence-electron chi connectivity index (χ0n) is 14.2. The van der Waals surface area contributed by atoms with E-state index in [1.807, 2.05) is 31.2 Å². The van der Waals surface area contributed by atoms with Gasteiger partial charge < -0.3 is 15.2 Å². The summed E-state index contributed by atoms with van der Waals surface area (Å²) < 4.78 is 5.55. The standard InChI is InChI=1S/C18H20BrN3O3/c1-11-5-4-6-14(7-11)21-12(2)18(24)22-20-10-13-8-15(19)17(23)16(9-13)25-3/h4-10,12,21,23H,1-3H3,(H,22,24)/b20-10+. The molecule has 25 heavy (non-hydrogen) atoms. The lowest BCUT2D eigenvalue weighted by Gasteiger charge is -2.13. The van der Waals surface area contributed by atoms with Crippen molar-refractivity contribution in [2.75, 3.05) is 12.4 Å². The smallest absolute Gasteiger partial charge is 0.262 e. The first-order chi connectivity index (χ1) is 11.9. The van der Waals surface area contributed by atoms with Crippen molar-refractivity contribution in [2.24, 2.45) is 5.10 Å². The van der Waals surface area contributed by atoms with Crippen LogP contribution in [-0.4, -0.2) is 30.4 Å². The maximum absolute atomic E-state index is 12.1. The Morgan fingerprint density at radius 2 is 2.12 bits per heavy atom. The largest absolute Gasteiger partial charge is 0.503 e. The van der Waals surface area contributed by atoms with Crippen molar-refractivity contribution in [3.63, 3.8) is 0 Å². The van der Waals surface area contributed by atoms with Crippen molar-refractivity contribution >= 4 is 33.7 Å². The number of aryl methyl sites for hydroxylation is 1. The van der Waals surface area contributed by atoms with E-state index < -0.39 is 6.04 Å². The molecule has 1 atom stereocenters. The predicted molar refractivity (Wildman–Crippen MR) is 102 cm³/mol. The first kappa shape index (κ1) is 18.8. The van der Waals surface area contributed by atoms with Crippen LogP contribution < -0.4 is 15.5 Å². The summed E-state index contributed by atoms with van der Waals surface area (Å²) in [6.07, 6.45) is 1.48. The highest BCUT2D eigenvalue weighted by atomic mass is 79.9. The molecule has 0 spiro atoms. The Kier molecular flexibility index (Phi) is 6.41. The van der Waals surface area contributed by atoms with Gasteiger partial charge >= 0.3 is 0 Å². The van der Waals surface area contributed by atoms with E-state index >= 15 is 0 Å². The number of aromatic hydroxyl groups is 1. The van der Waals surface area contributed by atoms with Gasteiger partial charge in [-0.3, -0.25) is 4.79 Å². The zero-order chi connectivity index (χ0) is 18.4. The molecule has 0 heterocycles. The number of phenolic OH excluding ortho intramolecular Hbond substituents is 1. The van der Waals surface area contributed by atoms with Crippen molar-refractivity contribution in [3.8, 4) is 11.5 Å². The van der Waals surface area contributed by atoms with Crippen molar-refractivity contribution in [1.29, 1.82) is 0 Å². The van der Waals surface area contributed by atoms with Gasteiger partial charge in [0.25, 0.3) is 5.91 Å². The van der Waals surface area contributed by atoms with Gasteiger partial charge in [0.1, 0.15) is 6.04 Å². The van der Waals surface area contributed by atoms with Crippen LogP contribution in [-0.2, 0) is 4.79 Å². The van der Waals surface area contributed by atoms with Crippen LogP contribution in [0, 0.1) is 6.92 Å². The third-order valence-electron chi connectivity index (χ3n) is 3.45. The minimum Gasteiger partial charge on any atom is -0.503 e. The predicted octanol–water partition coefficient (Wildman–Crippen LogP) is 3.42. The first-order valence-electron chi connectivity index (χ1n) is 7.63. The molecule has 2 aromatic rings. The summed E-state index contributed by atoms with van der Waals surface area (Å²) >= 11 is 3.24. The molecule has 0 aromatic heterocycles. The van der Waals surface area contributed by atoms with Gasteiger partial charge in [-0.25, -0.2) is 5.43 Å². The number of benzene rings is 2. The van der Waals surface area contributed by atoms with Crippen LogP contribution in [0.1, 0.15) is 18.1 Å². The summed E-state index contributed by atoms with van der Waals surface area (Å²) in [7, 11) is 1.46. The fourth-order valence-corrected chi connectivity index (χ4v) is 2.60. The molecule has 0 aliphatic carbocycles. The number of halogens is 1. The number of methoxy groups -OCH3 is 1. The number of nitrogens with one attached hydrogen (secondary N) is 2. The second kappa shape index (κ2) is 8.53. The van der Waals surface area contributed by atoms with E-state index in [0.29, 0.717) is 15.8 Å². The van der Waals surface area contributed by atoms with Crippen LogP contribution >= 0.6 is 15.9 Å². The van der Waals surface area contributed by atoms with Gasteiger partial charge in [0.2, 0.25) is 0 Å². The van der Waals surface area contributed by atoms with Gasteiger partial charge in [0.05, 0.1) is 17.8 Å². The molecule has 0 fully saturated rings. The summed E-state index contributed by atoms with van der Waals surface area (Å²) in [5.74, 6) is 0.0684. The van der Waals surface area contributed by atoms with Gasteiger partial charge in [-0.1, -0.05) is 12.1 Å². The minimum atomic E-state index is -0.444. The summed E-state index contributed by atoms with van der Waals surface area (Å²) in [4.78, 5) is 12.1. The average Bonchev–Trinajstić information content (AvgIpc) is 2.57. The lowest BCUT2D eigenvalue weighted by Crippen LogP contribution is -2.34. The molecule has 2 rings (SSSR count). The van der Waals surface area contributed by atoms with Crippen LogP contribution in [0.5, 0.6) is 11.5 Å². The molecular formula is C18H20BrN3O3. The molecule has 7 heteroatoms. The quantitative estimate of drug-likeness (QED) is 0.507. The highest BCUT2D eigenvalue weighted by Gasteiger charge is 2.12. The Hall–Kier alpha value is -2.54. The van der Waals surface area contributed by atoms with E-state index in [4.69, 9.17) is 4.74 Å². The molecule has 0 saturated heterocycles. The number of carbonyl (C=O) groups excluding carboxylic acids is 1. The van der Waals surface area contributed by atoms with Crippen LogP contribution in [0.3, 0.4) is 0 Å². The van der Waals surface area contributed by atoms with Crippen LogP contribution in [0.15, 0.2) is 46.0 Å². The molecule has 3 N–H and O–H groups in total. The number of hydrogen-bond acceptors (Lipinski definition) is 5. The van der Waals surface area contributed by atoms with Crippen molar-refractivity contribution < 1.29 is 14.6 Å². The fraction of sp³-hybridized carbons (Fsp3) is 0.222.